The first-order valence-corrected chi connectivity index (χ1v) is 1.53. The number of hydrogen-bond donors (Lipinski definition) is 1. The van der Waals surface area contributed by atoms with Crippen LogP contribution in [0.15, 0.2) is 0 Å². The zero-order chi connectivity index (χ0) is 5.15. The van der Waals surface area contributed by atoms with E-state index in [0.29, 0.717) is 0 Å². The zero-order valence-electron chi connectivity index (χ0n) is 4.34. The fraction of sp³-hybridized carbons (Fsp3) is 0.667. The smallest absolute Gasteiger partial charge is 0.547 e. The van der Waals surface area contributed by atoms with Crippen molar-refractivity contribution in [1.82, 2.24) is 0 Å². The van der Waals surface area contributed by atoms with E-state index in [1.54, 1.807) is 0 Å². The van der Waals surface area contributed by atoms with E-state index in [1.807, 2.05) is 0 Å². The van der Waals surface area contributed by atoms with Crippen molar-refractivity contribution in [2.75, 3.05) is 0 Å². The van der Waals surface area contributed by atoms with E-state index in [0.717, 1.165) is 6.92 Å². The number of carbonyl (C=O) groups excluding carboxylic acids is 1. The van der Waals surface area contributed by atoms with Gasteiger partial charge in [0.1, 0.15) is 0 Å². The Hall–Kier alpha value is 0.430. The van der Waals surface area contributed by atoms with Crippen LogP contribution in [0, 0.1) is 0 Å². The molecule has 0 bridgehead atoms. The second-order valence-electron chi connectivity index (χ2n) is 0.995. The van der Waals surface area contributed by atoms with Gasteiger partial charge in [-0.2, -0.15) is 0 Å². The number of hydrogen-bond acceptors (Lipinski definition) is 3. The normalized spacial score (nSPS) is 11.7. The second-order valence-corrected chi connectivity index (χ2v) is 0.995. The van der Waals surface area contributed by atoms with Crippen LogP contribution in [0.3, 0.4) is 0 Å². The predicted octanol–water partition coefficient (Wildman–Crippen LogP) is -4.88. The van der Waals surface area contributed by atoms with Crippen molar-refractivity contribution < 1.29 is 44.6 Å². The van der Waals surface area contributed by atoms with Crippen molar-refractivity contribution in [2.24, 2.45) is 0 Å². The van der Waals surface area contributed by atoms with Crippen LogP contribution in [-0.4, -0.2) is 17.2 Å². The summed E-state index contributed by atoms with van der Waals surface area (Å²) in [7, 11) is 0. The molecule has 0 radical (unpaired) electrons. The Morgan fingerprint density at radius 3 is 2.00 bits per heavy atom. The van der Waals surface area contributed by atoms with E-state index in [9.17, 15) is 9.90 Å². The van der Waals surface area contributed by atoms with Crippen molar-refractivity contribution in [3.05, 3.63) is 0 Å². The van der Waals surface area contributed by atoms with Gasteiger partial charge < -0.3 is 15.0 Å². The third kappa shape index (κ3) is 6.43. The first-order chi connectivity index (χ1) is 2.64. The van der Waals surface area contributed by atoms with Gasteiger partial charge in [-0.05, 0) is 6.92 Å². The summed E-state index contributed by atoms with van der Waals surface area (Å²) in [6.07, 6.45) is -1.34. The topological polar surface area (TPSA) is 60.4 Å². The van der Waals surface area contributed by atoms with Crippen LogP contribution < -0.4 is 34.7 Å². The fourth-order valence-corrected chi connectivity index (χ4v) is 0. The Kier molecular flexibility index (Phi) is 6.82. The number of rotatable bonds is 1. The number of carboxylic acids is 1. The molecule has 0 aliphatic rings. The van der Waals surface area contributed by atoms with Crippen LogP contribution in [0.4, 0.5) is 0 Å². The molecule has 0 spiro atoms. The summed E-state index contributed by atoms with van der Waals surface area (Å²) in [4.78, 5) is 9.34. The van der Waals surface area contributed by atoms with E-state index in [-0.39, 0.29) is 29.6 Å². The minimum atomic E-state index is -1.44. The van der Waals surface area contributed by atoms with Crippen molar-refractivity contribution >= 4 is 5.97 Å². The molecule has 0 aliphatic carbocycles. The molecule has 3 nitrogen and oxygen atoms in total. The van der Waals surface area contributed by atoms with E-state index in [4.69, 9.17) is 5.11 Å². The Bertz CT molecular complexity index is 61.2. The van der Waals surface area contributed by atoms with Crippen LogP contribution in [0.25, 0.3) is 0 Å². The average Bonchev–Trinajstić information content (AvgIpc) is 1.36. The van der Waals surface area contributed by atoms with Crippen molar-refractivity contribution in [2.45, 2.75) is 13.0 Å². The number of aliphatic hydroxyl groups is 1. The molecule has 0 heterocycles. The predicted molar refractivity (Wildman–Crippen MR) is 16.7 cm³/mol. The first-order valence-electron chi connectivity index (χ1n) is 1.53. The summed E-state index contributed by atoms with van der Waals surface area (Å²) in [5.74, 6) is -1.44. The molecule has 0 aromatic heterocycles. The molecule has 1 N–H and O–H groups in total. The number of carboxylic acid groups (broad SMARTS) is 1. The number of carbonyl (C=O) groups is 1. The Morgan fingerprint density at radius 1 is 1.86 bits per heavy atom. The van der Waals surface area contributed by atoms with Crippen molar-refractivity contribution in [3.63, 3.8) is 0 Å². The Labute approximate surface area is 63.6 Å². The number of aliphatic carboxylic acids is 1. The van der Waals surface area contributed by atoms with E-state index >= 15 is 0 Å². The summed E-state index contributed by atoms with van der Waals surface area (Å²) >= 11 is 0. The molecule has 0 saturated heterocycles. The van der Waals surface area contributed by atoms with Gasteiger partial charge in [-0.3, -0.25) is 0 Å². The first kappa shape index (κ1) is 10.4. The average molecular weight is 112 g/mol. The molecular formula is C3H5NaO3. The Balaban J connectivity index is 0. The molecule has 0 aromatic rings. The Morgan fingerprint density at radius 2 is 2.00 bits per heavy atom. The minimum absolute atomic E-state index is 0. The summed E-state index contributed by atoms with van der Waals surface area (Å²) in [6.45, 7) is 1.13. The molecular weight excluding hydrogens is 107 g/mol. The molecule has 0 aromatic carbocycles. The van der Waals surface area contributed by atoms with Gasteiger partial charge in [0.15, 0.2) is 0 Å². The molecule has 7 heavy (non-hydrogen) atoms. The van der Waals surface area contributed by atoms with E-state index < -0.39 is 12.1 Å². The van der Waals surface area contributed by atoms with E-state index in [1.165, 1.54) is 0 Å². The van der Waals surface area contributed by atoms with Gasteiger partial charge in [-0.25, -0.2) is 0 Å². The van der Waals surface area contributed by atoms with Gasteiger partial charge >= 0.3 is 29.6 Å². The maximum Gasteiger partial charge on any atom is 1.00 e. The third-order valence-electron chi connectivity index (χ3n) is 0.341. The van der Waals surface area contributed by atoms with Crippen LogP contribution >= 0.6 is 0 Å². The van der Waals surface area contributed by atoms with Crippen LogP contribution in [0.2, 0.25) is 0 Å². The summed E-state index contributed by atoms with van der Waals surface area (Å²) < 4.78 is 0. The molecule has 0 rings (SSSR count). The largest absolute Gasteiger partial charge is 1.00 e. The maximum absolute atomic E-state index is 9.34. The summed E-state index contributed by atoms with van der Waals surface area (Å²) in [5, 5.41) is 17.3. The molecule has 0 saturated carbocycles. The maximum atomic E-state index is 9.34. The standard InChI is InChI=1S/C3H6O3.Na/c1-2(4)3(5)6;/h2,4H,1H3,(H,5,6);/q;+1/p-1/t2-;/m1./s1. The second kappa shape index (κ2) is 4.59. The third-order valence-corrected chi connectivity index (χ3v) is 0.341. The van der Waals surface area contributed by atoms with Crippen LogP contribution in [0.1, 0.15) is 6.92 Å². The molecule has 0 aliphatic heterocycles. The summed E-state index contributed by atoms with van der Waals surface area (Å²) in [6, 6.07) is 0. The monoisotopic (exact) mass is 112 g/mol. The van der Waals surface area contributed by atoms with Gasteiger partial charge in [0.05, 0.1) is 12.1 Å². The van der Waals surface area contributed by atoms with Gasteiger partial charge in [-0.15, -0.1) is 0 Å². The fourth-order valence-electron chi connectivity index (χ4n) is 0. The minimum Gasteiger partial charge on any atom is -0.547 e. The molecule has 1 atom stereocenters. The van der Waals surface area contributed by atoms with Crippen molar-refractivity contribution in [1.29, 1.82) is 0 Å². The van der Waals surface area contributed by atoms with Crippen LogP contribution in [0.5, 0.6) is 0 Å². The van der Waals surface area contributed by atoms with Gasteiger partial charge in [0.25, 0.3) is 0 Å². The van der Waals surface area contributed by atoms with Gasteiger partial charge in [0, 0.05) is 0 Å². The quantitative estimate of drug-likeness (QED) is 0.346. The molecule has 0 fully saturated rings. The van der Waals surface area contributed by atoms with Gasteiger partial charge in [-0.1, -0.05) is 0 Å². The molecule has 0 amide bonds. The van der Waals surface area contributed by atoms with E-state index in [2.05, 4.69) is 0 Å². The van der Waals surface area contributed by atoms with Crippen LogP contribution in [-0.2, 0) is 4.79 Å². The number of aliphatic hydroxyl groups excluding tert-OH is 1. The van der Waals surface area contributed by atoms with Gasteiger partial charge in [0.2, 0.25) is 0 Å². The SMILES string of the molecule is C[C@@H](O)C(=O)[O-].[Na+]. The molecule has 4 heteroatoms. The zero-order valence-corrected chi connectivity index (χ0v) is 6.34. The molecule has 0 unspecified atom stereocenters. The summed E-state index contributed by atoms with van der Waals surface area (Å²) in [5.41, 5.74) is 0. The molecule has 36 valence electrons. The van der Waals surface area contributed by atoms with Crippen molar-refractivity contribution in [3.8, 4) is 0 Å².